The summed E-state index contributed by atoms with van der Waals surface area (Å²) in [5.74, 6) is 1.14. The quantitative estimate of drug-likeness (QED) is 0.683. The van der Waals surface area contributed by atoms with Gasteiger partial charge in [-0.05, 0) is 30.7 Å². The van der Waals surface area contributed by atoms with Gasteiger partial charge in [0.1, 0.15) is 0 Å². The number of carbonyl (C=O) groups excluding carboxylic acids is 1. The molecule has 0 aromatic heterocycles. The molecule has 0 aliphatic carbocycles. The van der Waals surface area contributed by atoms with E-state index < -0.39 is 0 Å². The fourth-order valence-corrected chi connectivity index (χ4v) is 4.40. The molecule has 6 heteroatoms. The van der Waals surface area contributed by atoms with Crippen LogP contribution in [0.25, 0.3) is 0 Å². The molecule has 0 bridgehead atoms. The molecule has 0 saturated carbocycles. The van der Waals surface area contributed by atoms with Crippen LogP contribution in [0.5, 0.6) is 0 Å². The molecular formula is C20H30N2O3S. The van der Waals surface area contributed by atoms with Gasteiger partial charge in [-0.3, -0.25) is 9.69 Å². The normalized spacial score (nSPS) is 19.4. The van der Waals surface area contributed by atoms with Crippen LogP contribution in [-0.2, 0) is 9.47 Å². The highest BCUT2D eigenvalue weighted by Gasteiger charge is 2.28. The zero-order valence-corrected chi connectivity index (χ0v) is 16.5. The summed E-state index contributed by atoms with van der Waals surface area (Å²) in [4.78, 5) is 19.0. The Morgan fingerprint density at radius 3 is 2.58 bits per heavy atom. The summed E-state index contributed by atoms with van der Waals surface area (Å²) in [5, 5.41) is 0. The number of amides is 1. The zero-order valence-electron chi connectivity index (χ0n) is 15.7. The van der Waals surface area contributed by atoms with Crippen molar-refractivity contribution in [2.45, 2.75) is 30.7 Å². The number of benzene rings is 1. The molecule has 1 aromatic rings. The molecule has 0 radical (unpaired) electrons. The molecule has 2 fully saturated rings. The lowest BCUT2D eigenvalue weighted by Crippen LogP contribution is -2.48. The number of thioether (sulfide) groups is 1. The van der Waals surface area contributed by atoms with Crippen LogP contribution in [0.4, 0.5) is 0 Å². The Hall–Kier alpha value is -1.08. The lowest BCUT2D eigenvalue weighted by atomic mass is 10.0. The van der Waals surface area contributed by atoms with Gasteiger partial charge < -0.3 is 14.4 Å². The standard InChI is InChI=1S/C20H30N2O3S/c1-2-26-19-6-4-3-5-18(19)20(23)22(17-7-13-24-14-8-17)10-9-21-11-15-25-16-12-21/h3-6,17H,2,7-16H2,1H3. The summed E-state index contributed by atoms with van der Waals surface area (Å²) in [6.45, 7) is 8.80. The van der Waals surface area contributed by atoms with Crippen molar-refractivity contribution in [3.8, 4) is 0 Å². The fourth-order valence-electron chi connectivity index (χ4n) is 3.60. The number of hydrogen-bond donors (Lipinski definition) is 0. The van der Waals surface area contributed by atoms with E-state index >= 15 is 0 Å². The number of nitrogens with zero attached hydrogens (tertiary/aromatic N) is 2. The Bertz CT molecular complexity index is 572. The number of rotatable bonds is 7. The van der Waals surface area contributed by atoms with Crippen LogP contribution in [-0.4, -0.2) is 80.1 Å². The summed E-state index contributed by atoms with van der Waals surface area (Å²) < 4.78 is 11.0. The van der Waals surface area contributed by atoms with Gasteiger partial charge in [0.15, 0.2) is 0 Å². The van der Waals surface area contributed by atoms with Crippen molar-refractivity contribution < 1.29 is 14.3 Å². The van der Waals surface area contributed by atoms with Crippen LogP contribution >= 0.6 is 11.8 Å². The Morgan fingerprint density at radius 2 is 1.85 bits per heavy atom. The van der Waals surface area contributed by atoms with Crippen molar-refractivity contribution in [2.24, 2.45) is 0 Å². The maximum atomic E-state index is 13.4. The molecule has 0 N–H and O–H groups in total. The lowest BCUT2D eigenvalue weighted by molar-refractivity contribution is 0.0140. The van der Waals surface area contributed by atoms with Gasteiger partial charge in [-0.15, -0.1) is 11.8 Å². The third kappa shape index (κ3) is 5.22. The molecule has 1 aromatic carbocycles. The molecule has 2 heterocycles. The van der Waals surface area contributed by atoms with Gasteiger partial charge >= 0.3 is 0 Å². The third-order valence-corrected chi connectivity index (χ3v) is 6.03. The summed E-state index contributed by atoms with van der Waals surface area (Å²) in [6.07, 6.45) is 1.86. The van der Waals surface area contributed by atoms with Gasteiger partial charge in [0.2, 0.25) is 0 Å². The summed E-state index contributed by atoms with van der Waals surface area (Å²) in [5.41, 5.74) is 0.841. The first-order valence-corrected chi connectivity index (χ1v) is 10.7. The zero-order chi connectivity index (χ0) is 18.2. The second kappa shape index (κ2) is 10.3. The van der Waals surface area contributed by atoms with E-state index in [1.807, 2.05) is 18.2 Å². The van der Waals surface area contributed by atoms with E-state index in [9.17, 15) is 4.79 Å². The van der Waals surface area contributed by atoms with Crippen LogP contribution in [0.1, 0.15) is 30.1 Å². The van der Waals surface area contributed by atoms with Crippen LogP contribution in [0.15, 0.2) is 29.2 Å². The Kier molecular flexibility index (Phi) is 7.80. The highest BCUT2D eigenvalue weighted by molar-refractivity contribution is 7.99. The Labute approximate surface area is 161 Å². The first-order valence-electron chi connectivity index (χ1n) is 9.70. The van der Waals surface area contributed by atoms with E-state index in [0.717, 1.165) is 81.7 Å². The van der Waals surface area contributed by atoms with Crippen molar-refractivity contribution in [2.75, 3.05) is 58.4 Å². The molecule has 2 aliphatic heterocycles. The average molecular weight is 379 g/mol. The number of morpholine rings is 1. The largest absolute Gasteiger partial charge is 0.381 e. The Morgan fingerprint density at radius 1 is 1.15 bits per heavy atom. The first-order chi connectivity index (χ1) is 12.8. The van der Waals surface area contributed by atoms with Gasteiger partial charge in [-0.2, -0.15) is 0 Å². The van der Waals surface area contributed by atoms with E-state index in [2.05, 4.69) is 22.8 Å². The maximum absolute atomic E-state index is 13.4. The topological polar surface area (TPSA) is 42.0 Å². The lowest BCUT2D eigenvalue weighted by Gasteiger charge is -2.37. The van der Waals surface area contributed by atoms with Crippen LogP contribution < -0.4 is 0 Å². The molecule has 0 spiro atoms. The van der Waals surface area contributed by atoms with E-state index in [4.69, 9.17) is 9.47 Å². The van der Waals surface area contributed by atoms with Gasteiger partial charge in [0.25, 0.3) is 5.91 Å². The number of carbonyl (C=O) groups is 1. The van der Waals surface area contributed by atoms with Gasteiger partial charge in [0, 0.05) is 50.3 Å². The number of hydrogen-bond acceptors (Lipinski definition) is 5. The number of ether oxygens (including phenoxy) is 2. The molecule has 26 heavy (non-hydrogen) atoms. The minimum Gasteiger partial charge on any atom is -0.381 e. The third-order valence-electron chi connectivity index (χ3n) is 5.07. The highest BCUT2D eigenvalue weighted by atomic mass is 32.2. The SMILES string of the molecule is CCSc1ccccc1C(=O)N(CCN1CCOCC1)C1CCOCC1. The molecule has 2 saturated heterocycles. The van der Waals surface area contributed by atoms with Crippen LogP contribution in [0.3, 0.4) is 0 Å². The molecule has 0 atom stereocenters. The molecule has 5 nitrogen and oxygen atoms in total. The summed E-state index contributed by atoms with van der Waals surface area (Å²) in [6, 6.07) is 8.29. The molecular weight excluding hydrogens is 348 g/mol. The van der Waals surface area contributed by atoms with E-state index in [1.54, 1.807) is 11.8 Å². The van der Waals surface area contributed by atoms with E-state index in [0.29, 0.717) is 0 Å². The van der Waals surface area contributed by atoms with E-state index in [-0.39, 0.29) is 11.9 Å². The van der Waals surface area contributed by atoms with Crippen LogP contribution in [0, 0.1) is 0 Å². The Balaban J connectivity index is 1.74. The first kappa shape index (κ1) is 19.7. The average Bonchev–Trinajstić information content (AvgIpc) is 2.70. The molecule has 0 unspecified atom stereocenters. The molecule has 144 valence electrons. The van der Waals surface area contributed by atoms with Gasteiger partial charge in [-0.1, -0.05) is 19.1 Å². The summed E-state index contributed by atoms with van der Waals surface area (Å²) >= 11 is 1.74. The predicted octanol–water partition coefficient (Wildman–Crippen LogP) is 2.75. The maximum Gasteiger partial charge on any atom is 0.255 e. The van der Waals surface area contributed by atoms with Gasteiger partial charge in [0.05, 0.1) is 18.8 Å². The van der Waals surface area contributed by atoms with Crippen LogP contribution in [0.2, 0.25) is 0 Å². The second-order valence-electron chi connectivity index (χ2n) is 6.73. The summed E-state index contributed by atoms with van der Waals surface area (Å²) in [7, 11) is 0. The minimum absolute atomic E-state index is 0.168. The smallest absolute Gasteiger partial charge is 0.255 e. The minimum atomic E-state index is 0.168. The van der Waals surface area contributed by atoms with Crippen molar-refractivity contribution in [3.05, 3.63) is 29.8 Å². The highest BCUT2D eigenvalue weighted by Crippen LogP contribution is 2.25. The van der Waals surface area contributed by atoms with Crippen molar-refractivity contribution in [3.63, 3.8) is 0 Å². The fraction of sp³-hybridized carbons (Fsp3) is 0.650. The van der Waals surface area contributed by atoms with E-state index in [1.165, 1.54) is 0 Å². The van der Waals surface area contributed by atoms with Crippen molar-refractivity contribution in [1.82, 2.24) is 9.80 Å². The van der Waals surface area contributed by atoms with Crippen molar-refractivity contribution in [1.29, 1.82) is 0 Å². The van der Waals surface area contributed by atoms with Gasteiger partial charge in [-0.25, -0.2) is 0 Å². The molecule has 2 aliphatic rings. The molecule has 1 amide bonds. The van der Waals surface area contributed by atoms with Crippen molar-refractivity contribution >= 4 is 17.7 Å². The predicted molar refractivity (Wildman–Crippen MR) is 105 cm³/mol. The second-order valence-corrected chi connectivity index (χ2v) is 8.03. The monoisotopic (exact) mass is 378 g/mol. The molecule has 3 rings (SSSR count).